The highest BCUT2D eigenvalue weighted by molar-refractivity contribution is 6.30. The van der Waals surface area contributed by atoms with E-state index in [4.69, 9.17) is 21.4 Å². The van der Waals surface area contributed by atoms with Gasteiger partial charge in [-0.1, -0.05) is 44.5 Å². The van der Waals surface area contributed by atoms with Crippen LogP contribution in [0.2, 0.25) is 5.02 Å². The van der Waals surface area contributed by atoms with E-state index in [0.717, 1.165) is 0 Å². The minimum atomic E-state index is -1.41. The van der Waals surface area contributed by atoms with E-state index in [2.05, 4.69) is 4.98 Å². The van der Waals surface area contributed by atoms with Crippen molar-refractivity contribution < 1.29 is 29.2 Å². The van der Waals surface area contributed by atoms with Gasteiger partial charge in [0.1, 0.15) is 17.0 Å². The molecule has 0 fully saturated rings. The summed E-state index contributed by atoms with van der Waals surface area (Å²) in [6, 6.07) is 5.43. The highest BCUT2D eigenvalue weighted by atomic mass is 35.5. The predicted octanol–water partition coefficient (Wildman–Crippen LogP) is 4.21. The summed E-state index contributed by atoms with van der Waals surface area (Å²) >= 11 is 5.94. The van der Waals surface area contributed by atoms with Crippen molar-refractivity contribution in [3.63, 3.8) is 0 Å². The zero-order chi connectivity index (χ0) is 26.6. The number of hydrogen-bond donors (Lipinski definition) is 3. The number of carboxylic acid groups (broad SMARTS) is 1. The molecule has 0 unspecified atom stereocenters. The summed E-state index contributed by atoms with van der Waals surface area (Å²) in [5.74, 6) is -1.88. The van der Waals surface area contributed by atoms with Crippen LogP contribution >= 0.6 is 11.6 Å². The Morgan fingerprint density at radius 2 is 1.94 bits per heavy atom. The number of carbonyl (C=O) groups is 1. The zero-order valence-corrected chi connectivity index (χ0v) is 21.2. The maximum Gasteiger partial charge on any atom is 0.341 e. The number of pyridine rings is 2. The Kier molecular flexibility index (Phi) is 8.71. The van der Waals surface area contributed by atoms with Gasteiger partial charge in [0.2, 0.25) is 11.3 Å². The third-order valence-corrected chi connectivity index (χ3v) is 6.28. The lowest BCUT2D eigenvalue weighted by Crippen LogP contribution is -2.31. The fraction of sp³-hybridized carbons (Fsp3) is 0.423. The summed E-state index contributed by atoms with van der Waals surface area (Å²) < 4.78 is 22.1. The van der Waals surface area contributed by atoms with Crippen LogP contribution in [0, 0.1) is 11.2 Å². The minimum absolute atomic E-state index is 0.00361. The van der Waals surface area contributed by atoms with E-state index in [0.29, 0.717) is 18.4 Å². The van der Waals surface area contributed by atoms with Gasteiger partial charge in [0.05, 0.1) is 29.7 Å². The Balaban J connectivity index is 2.30. The van der Waals surface area contributed by atoms with E-state index < -0.39 is 34.2 Å². The number of aromatic nitrogens is 2. The SMILES string of the molecule is CC(C)(C)[C@@H](CO)n1cc(C(=O)O)c(=O)c2cc(Cc3cccc(Cl)c3F)c(OCCCCO)nc21. The summed E-state index contributed by atoms with van der Waals surface area (Å²) in [5.41, 5.74) is -0.961. The maximum absolute atomic E-state index is 14.7. The van der Waals surface area contributed by atoms with Crippen LogP contribution in [0.25, 0.3) is 11.0 Å². The van der Waals surface area contributed by atoms with E-state index in [9.17, 15) is 24.2 Å². The number of fused-ring (bicyclic) bond motifs is 1. The summed E-state index contributed by atoms with van der Waals surface area (Å²) in [4.78, 5) is 29.6. The van der Waals surface area contributed by atoms with Crippen LogP contribution in [0.15, 0.2) is 35.3 Å². The van der Waals surface area contributed by atoms with Gasteiger partial charge in [-0.25, -0.2) is 9.18 Å². The molecule has 10 heteroatoms. The molecule has 1 aromatic carbocycles. The minimum Gasteiger partial charge on any atom is -0.477 e. The van der Waals surface area contributed by atoms with Crippen molar-refractivity contribution in [1.82, 2.24) is 9.55 Å². The molecule has 194 valence electrons. The zero-order valence-electron chi connectivity index (χ0n) is 20.4. The molecule has 0 saturated carbocycles. The molecule has 0 radical (unpaired) electrons. The number of ether oxygens (including phenoxy) is 1. The lowest BCUT2D eigenvalue weighted by atomic mass is 9.86. The Hall–Kier alpha value is -3.01. The largest absolute Gasteiger partial charge is 0.477 e. The topological polar surface area (TPSA) is 122 Å². The van der Waals surface area contributed by atoms with Gasteiger partial charge in [-0.05, 0) is 36.0 Å². The number of unbranched alkanes of at least 4 members (excludes halogenated alkanes) is 1. The van der Waals surface area contributed by atoms with Gasteiger partial charge >= 0.3 is 5.97 Å². The van der Waals surface area contributed by atoms with Crippen LogP contribution in [0.5, 0.6) is 5.88 Å². The second-order valence-electron chi connectivity index (χ2n) is 9.64. The van der Waals surface area contributed by atoms with Crippen LogP contribution in [-0.4, -0.2) is 50.7 Å². The fourth-order valence-electron chi connectivity index (χ4n) is 3.99. The summed E-state index contributed by atoms with van der Waals surface area (Å²) in [6.07, 6.45) is 2.23. The number of carboxylic acids is 1. The van der Waals surface area contributed by atoms with Crippen molar-refractivity contribution in [2.45, 2.75) is 46.1 Å². The standard InChI is InChI=1S/C26H30ClFN2O6/c1-26(2,3)20(14-32)30-13-18(25(34)35)22(33)17-12-16(11-15-7-6-8-19(27)21(15)28)24(29-23(17)30)36-10-5-4-9-31/h6-8,12-13,20,31-32H,4-5,9-11,14H2,1-3H3,(H,34,35)/t20-/m1/s1. The first-order chi connectivity index (χ1) is 17.0. The number of nitrogens with zero attached hydrogens (tertiary/aromatic N) is 2. The second-order valence-corrected chi connectivity index (χ2v) is 10.0. The first-order valence-electron chi connectivity index (χ1n) is 11.6. The summed E-state index contributed by atoms with van der Waals surface area (Å²) in [6.45, 7) is 5.51. The molecule has 36 heavy (non-hydrogen) atoms. The molecular weight excluding hydrogens is 491 g/mol. The molecule has 2 aromatic heterocycles. The molecule has 0 amide bonds. The Morgan fingerprint density at radius 3 is 2.56 bits per heavy atom. The van der Waals surface area contributed by atoms with Gasteiger partial charge in [-0.3, -0.25) is 4.79 Å². The van der Waals surface area contributed by atoms with Crippen LogP contribution in [0.1, 0.15) is 61.1 Å². The van der Waals surface area contributed by atoms with Crippen molar-refractivity contribution in [2.75, 3.05) is 19.8 Å². The highest BCUT2D eigenvalue weighted by Gasteiger charge is 2.29. The molecule has 0 aliphatic heterocycles. The molecule has 1 atom stereocenters. The number of aliphatic hydroxyl groups excluding tert-OH is 2. The van der Waals surface area contributed by atoms with E-state index in [-0.39, 0.29) is 53.7 Å². The molecule has 0 aliphatic carbocycles. The fourth-order valence-corrected chi connectivity index (χ4v) is 4.18. The van der Waals surface area contributed by atoms with Gasteiger partial charge in [-0.15, -0.1) is 0 Å². The van der Waals surface area contributed by atoms with Crippen molar-refractivity contribution in [3.8, 4) is 5.88 Å². The molecule has 0 aliphatic rings. The molecule has 3 aromatic rings. The lowest BCUT2D eigenvalue weighted by Gasteiger charge is -2.32. The van der Waals surface area contributed by atoms with Gasteiger partial charge < -0.3 is 24.6 Å². The Bertz CT molecular complexity index is 1320. The van der Waals surface area contributed by atoms with E-state index in [1.54, 1.807) is 12.1 Å². The van der Waals surface area contributed by atoms with Crippen LogP contribution in [-0.2, 0) is 6.42 Å². The first-order valence-corrected chi connectivity index (χ1v) is 12.0. The molecule has 0 saturated heterocycles. The van der Waals surface area contributed by atoms with Crippen LogP contribution in [0.4, 0.5) is 4.39 Å². The van der Waals surface area contributed by atoms with Crippen molar-refractivity contribution in [3.05, 3.63) is 68.2 Å². The average molecular weight is 521 g/mol. The van der Waals surface area contributed by atoms with Gasteiger partial charge in [0.25, 0.3) is 0 Å². The van der Waals surface area contributed by atoms with Gasteiger partial charge in [0, 0.05) is 24.8 Å². The van der Waals surface area contributed by atoms with Gasteiger partial charge in [-0.2, -0.15) is 4.98 Å². The monoisotopic (exact) mass is 520 g/mol. The molecule has 0 bridgehead atoms. The number of halogens is 2. The third kappa shape index (κ3) is 5.86. The molecule has 3 N–H and O–H groups in total. The predicted molar refractivity (Wildman–Crippen MR) is 135 cm³/mol. The van der Waals surface area contributed by atoms with Crippen LogP contribution in [0.3, 0.4) is 0 Å². The normalized spacial score (nSPS) is 12.6. The molecular formula is C26H30ClFN2O6. The molecule has 3 rings (SSSR count). The number of aliphatic hydroxyl groups is 2. The van der Waals surface area contributed by atoms with Crippen molar-refractivity contribution >= 4 is 28.6 Å². The van der Waals surface area contributed by atoms with Crippen LogP contribution < -0.4 is 10.2 Å². The number of rotatable bonds is 10. The van der Waals surface area contributed by atoms with E-state index in [1.165, 1.54) is 22.9 Å². The highest BCUT2D eigenvalue weighted by Crippen LogP contribution is 2.34. The Morgan fingerprint density at radius 1 is 1.22 bits per heavy atom. The average Bonchev–Trinajstić information content (AvgIpc) is 2.81. The Labute approximate surface area is 212 Å². The lowest BCUT2D eigenvalue weighted by molar-refractivity contribution is 0.0692. The molecule has 8 nitrogen and oxygen atoms in total. The summed E-state index contributed by atoms with van der Waals surface area (Å²) in [7, 11) is 0. The number of aromatic carboxylic acids is 1. The van der Waals surface area contributed by atoms with Crippen molar-refractivity contribution in [1.29, 1.82) is 0 Å². The molecule has 2 heterocycles. The third-order valence-electron chi connectivity index (χ3n) is 5.99. The van der Waals surface area contributed by atoms with Gasteiger partial charge in [0.15, 0.2) is 0 Å². The second kappa shape index (κ2) is 11.4. The quantitative estimate of drug-likeness (QED) is 0.342. The molecule has 0 spiro atoms. The van der Waals surface area contributed by atoms with E-state index in [1.807, 2.05) is 20.8 Å². The smallest absolute Gasteiger partial charge is 0.341 e. The summed E-state index contributed by atoms with van der Waals surface area (Å²) in [5, 5.41) is 28.9. The maximum atomic E-state index is 14.7. The van der Waals surface area contributed by atoms with E-state index >= 15 is 0 Å². The number of hydrogen-bond acceptors (Lipinski definition) is 6. The number of benzene rings is 1. The first kappa shape index (κ1) is 27.6. The van der Waals surface area contributed by atoms with Crippen molar-refractivity contribution in [2.24, 2.45) is 5.41 Å².